The number of hydrogen-bond donors (Lipinski definition) is 3. The fraction of sp³-hybridized carbons (Fsp3) is 0.353. The second-order valence-corrected chi connectivity index (χ2v) is 8.48. The third kappa shape index (κ3) is 4.79. The maximum Gasteiger partial charge on any atom is 0.420 e. The van der Waals surface area contributed by atoms with Crippen molar-refractivity contribution < 1.29 is 39.6 Å². The lowest BCUT2D eigenvalue weighted by molar-refractivity contribution is -0.297. The van der Waals surface area contributed by atoms with Crippen molar-refractivity contribution in [2.45, 2.75) is 29.7 Å². The summed E-state index contributed by atoms with van der Waals surface area (Å²) >= 11 is 0. The van der Waals surface area contributed by atoms with Gasteiger partial charge in [0, 0.05) is 30.6 Å². The van der Waals surface area contributed by atoms with E-state index in [2.05, 4.69) is 0 Å². The van der Waals surface area contributed by atoms with Crippen LogP contribution >= 0.6 is 0 Å². The molecular formula is C17H18F6N4O3S. The monoisotopic (exact) mass is 472 g/mol. The van der Waals surface area contributed by atoms with Crippen LogP contribution in [0.5, 0.6) is 0 Å². The van der Waals surface area contributed by atoms with Gasteiger partial charge in [-0.25, -0.2) is 13.2 Å². The lowest BCUT2D eigenvalue weighted by atomic mass is 10.0. The van der Waals surface area contributed by atoms with Gasteiger partial charge in [-0.15, -0.1) is 4.83 Å². The largest absolute Gasteiger partial charge is 0.420 e. The number of fused-ring (bicyclic) bond motifs is 1. The van der Waals surface area contributed by atoms with E-state index >= 15 is 0 Å². The van der Waals surface area contributed by atoms with E-state index in [1.807, 2.05) is 0 Å². The number of benzene rings is 2. The van der Waals surface area contributed by atoms with Crippen molar-refractivity contribution in [2.75, 3.05) is 19.0 Å². The minimum absolute atomic E-state index is 0.221. The van der Waals surface area contributed by atoms with Crippen molar-refractivity contribution in [3.8, 4) is 0 Å². The van der Waals surface area contributed by atoms with Crippen molar-refractivity contribution in [3.63, 3.8) is 0 Å². The molecule has 0 atom stereocenters. The number of hydrogen-bond acceptors (Lipinski definition) is 4. The lowest BCUT2D eigenvalue weighted by Gasteiger charge is -2.34. The van der Waals surface area contributed by atoms with Crippen LogP contribution < -0.4 is 20.5 Å². The standard InChI is InChI=1S/C17H18F6N4O3S/c1-15(16(18,19)20,17(21,22)23)24-14(28)25-26-31(29,30)13-9-5-6-10-11(13)7-4-8-12(10)27(2)3/h4-9,26H,1-3H3,(H2,24,25,28). The highest BCUT2D eigenvalue weighted by molar-refractivity contribution is 7.89. The van der Waals surface area contributed by atoms with Gasteiger partial charge in [0.05, 0.1) is 4.90 Å². The van der Waals surface area contributed by atoms with Gasteiger partial charge < -0.3 is 10.2 Å². The quantitative estimate of drug-likeness (QED) is 0.460. The van der Waals surface area contributed by atoms with Crippen LogP contribution in [0.2, 0.25) is 0 Å². The van der Waals surface area contributed by atoms with Crippen molar-refractivity contribution in [1.29, 1.82) is 0 Å². The molecule has 31 heavy (non-hydrogen) atoms. The number of alkyl halides is 6. The summed E-state index contributed by atoms with van der Waals surface area (Å²) in [5, 5.41) is 1.46. The fourth-order valence-corrected chi connectivity index (χ4v) is 3.68. The Morgan fingerprint density at radius 3 is 1.94 bits per heavy atom. The van der Waals surface area contributed by atoms with Crippen LogP contribution in [0.4, 0.5) is 36.8 Å². The van der Waals surface area contributed by atoms with Gasteiger partial charge in [-0.2, -0.15) is 26.3 Å². The Morgan fingerprint density at radius 1 is 0.903 bits per heavy atom. The van der Waals surface area contributed by atoms with Crippen molar-refractivity contribution in [3.05, 3.63) is 36.4 Å². The zero-order chi connectivity index (χ0) is 23.8. The fourth-order valence-electron chi connectivity index (χ4n) is 2.62. The molecule has 0 aliphatic carbocycles. The summed E-state index contributed by atoms with van der Waals surface area (Å²) in [5.74, 6) is 0. The van der Waals surface area contributed by atoms with Crippen LogP contribution in [-0.4, -0.2) is 46.4 Å². The number of carbonyl (C=O) groups is 1. The molecule has 2 aromatic rings. The van der Waals surface area contributed by atoms with Crippen LogP contribution in [0.15, 0.2) is 41.3 Å². The Balaban J connectivity index is 2.30. The number of urea groups is 1. The normalized spacial score (nSPS) is 13.2. The highest BCUT2D eigenvalue weighted by atomic mass is 32.2. The van der Waals surface area contributed by atoms with E-state index in [-0.39, 0.29) is 17.2 Å². The molecular weight excluding hydrogens is 454 g/mol. The number of carbonyl (C=O) groups excluding carboxylic acids is 1. The van der Waals surface area contributed by atoms with Gasteiger partial charge in [0.1, 0.15) is 0 Å². The van der Waals surface area contributed by atoms with Gasteiger partial charge in [0.25, 0.3) is 10.0 Å². The Hall–Kier alpha value is -2.74. The number of hydrazine groups is 1. The van der Waals surface area contributed by atoms with Crippen molar-refractivity contribution in [1.82, 2.24) is 15.6 Å². The molecule has 0 aliphatic rings. The van der Waals surface area contributed by atoms with E-state index < -0.39 is 33.9 Å². The molecule has 0 unspecified atom stereocenters. The van der Waals surface area contributed by atoms with E-state index in [1.54, 1.807) is 37.2 Å². The van der Waals surface area contributed by atoms with E-state index in [0.29, 0.717) is 11.1 Å². The molecule has 172 valence electrons. The second-order valence-electron chi connectivity index (χ2n) is 6.83. The number of nitrogens with one attached hydrogen (secondary N) is 3. The number of anilines is 1. The van der Waals surface area contributed by atoms with Gasteiger partial charge in [-0.1, -0.05) is 24.3 Å². The first-order valence-corrected chi connectivity index (χ1v) is 9.92. The minimum Gasteiger partial charge on any atom is -0.377 e. The maximum absolute atomic E-state index is 12.9. The Labute approximate surface area is 173 Å². The second kappa shape index (κ2) is 8.07. The first kappa shape index (κ1) is 24.5. The van der Waals surface area contributed by atoms with Gasteiger partial charge in [-0.05, 0) is 19.1 Å². The van der Waals surface area contributed by atoms with Crippen molar-refractivity contribution in [2.24, 2.45) is 0 Å². The third-order valence-corrected chi connectivity index (χ3v) is 5.73. The zero-order valence-corrected chi connectivity index (χ0v) is 17.1. The number of halogens is 6. The molecule has 2 rings (SSSR count). The summed E-state index contributed by atoms with van der Waals surface area (Å²) in [6, 6.07) is 6.88. The smallest absolute Gasteiger partial charge is 0.377 e. The molecule has 0 aliphatic heterocycles. The molecule has 14 heteroatoms. The summed E-state index contributed by atoms with van der Waals surface area (Å²) in [6.45, 7) is -0.283. The molecule has 2 amide bonds. The molecule has 7 nitrogen and oxygen atoms in total. The molecule has 0 saturated carbocycles. The molecule has 0 heterocycles. The highest BCUT2D eigenvalue weighted by Gasteiger charge is 2.68. The Morgan fingerprint density at radius 2 is 1.42 bits per heavy atom. The molecule has 0 aromatic heterocycles. The first-order chi connectivity index (χ1) is 14.0. The van der Waals surface area contributed by atoms with Crippen molar-refractivity contribution >= 4 is 32.5 Å². The van der Waals surface area contributed by atoms with E-state index in [9.17, 15) is 39.6 Å². The Bertz CT molecular complexity index is 1070. The molecule has 0 spiro atoms. The molecule has 0 radical (unpaired) electrons. The summed E-state index contributed by atoms with van der Waals surface area (Å²) in [6.07, 6.45) is -11.8. The molecule has 0 bridgehead atoms. The molecule has 3 N–H and O–H groups in total. The van der Waals surface area contributed by atoms with Crippen LogP contribution in [0, 0.1) is 0 Å². The predicted octanol–water partition coefficient (Wildman–Crippen LogP) is 3.28. The summed E-state index contributed by atoms with van der Waals surface area (Å²) in [7, 11) is -1.11. The number of sulfonamides is 1. The number of nitrogens with zero attached hydrogens (tertiary/aromatic N) is 1. The summed E-state index contributed by atoms with van der Waals surface area (Å²) < 4.78 is 102. The average Bonchev–Trinajstić information content (AvgIpc) is 2.63. The van der Waals surface area contributed by atoms with Crippen LogP contribution in [-0.2, 0) is 10.0 Å². The zero-order valence-electron chi connectivity index (χ0n) is 16.3. The van der Waals surface area contributed by atoms with E-state index in [0.717, 1.165) is 5.32 Å². The topological polar surface area (TPSA) is 90.5 Å². The molecule has 2 aromatic carbocycles. The highest BCUT2D eigenvalue weighted by Crippen LogP contribution is 2.42. The lowest BCUT2D eigenvalue weighted by Crippen LogP contribution is -2.67. The maximum atomic E-state index is 12.9. The predicted molar refractivity (Wildman–Crippen MR) is 101 cm³/mol. The van der Waals surface area contributed by atoms with Crippen LogP contribution in [0.1, 0.15) is 6.92 Å². The third-order valence-electron chi connectivity index (χ3n) is 4.43. The number of rotatable bonds is 5. The van der Waals surface area contributed by atoms with Crippen LogP contribution in [0.25, 0.3) is 10.8 Å². The SMILES string of the molecule is CN(C)c1cccc2c(S(=O)(=O)NNC(=O)NC(C)(C(F)(F)F)C(F)(F)F)cccc12. The molecule has 0 fully saturated rings. The van der Waals surface area contributed by atoms with E-state index in [1.165, 1.54) is 28.5 Å². The summed E-state index contributed by atoms with van der Waals surface area (Å²) in [5.41, 5.74) is -2.62. The minimum atomic E-state index is -5.89. The average molecular weight is 472 g/mol. The van der Waals surface area contributed by atoms with Gasteiger partial charge in [0.2, 0.25) is 5.54 Å². The van der Waals surface area contributed by atoms with Gasteiger partial charge in [-0.3, -0.25) is 5.43 Å². The Kier molecular flexibility index (Phi) is 6.39. The van der Waals surface area contributed by atoms with Crippen LogP contribution in [0.3, 0.4) is 0 Å². The molecule has 0 saturated heterocycles. The van der Waals surface area contributed by atoms with Gasteiger partial charge >= 0.3 is 18.4 Å². The first-order valence-electron chi connectivity index (χ1n) is 8.44. The number of amides is 2. The summed E-state index contributed by atoms with van der Waals surface area (Å²) in [4.78, 5) is 14.6. The van der Waals surface area contributed by atoms with E-state index in [4.69, 9.17) is 0 Å². The van der Waals surface area contributed by atoms with Gasteiger partial charge in [0.15, 0.2) is 0 Å².